The molecule has 0 aromatic heterocycles. The summed E-state index contributed by atoms with van der Waals surface area (Å²) >= 11 is 0. The third-order valence-electron chi connectivity index (χ3n) is 3.76. The van der Waals surface area contributed by atoms with Gasteiger partial charge in [0, 0.05) is 39.7 Å². The van der Waals surface area contributed by atoms with Crippen molar-refractivity contribution in [2.75, 3.05) is 40.3 Å². The number of hydrogen-bond donors (Lipinski definition) is 0. The molecule has 1 saturated heterocycles. The molecule has 1 aliphatic heterocycles. The molecule has 0 spiro atoms. The maximum absolute atomic E-state index is 9.50. The van der Waals surface area contributed by atoms with Crippen LogP contribution in [0.4, 0.5) is 0 Å². The number of nitriles is 1. The molecule has 1 heterocycles. The fourth-order valence-corrected chi connectivity index (χ4v) is 2.42. The highest BCUT2D eigenvalue weighted by Gasteiger charge is 2.38. The van der Waals surface area contributed by atoms with Crippen molar-refractivity contribution in [2.24, 2.45) is 0 Å². The van der Waals surface area contributed by atoms with Gasteiger partial charge in [0.1, 0.15) is 5.54 Å². The van der Waals surface area contributed by atoms with E-state index in [1.54, 1.807) is 7.11 Å². The van der Waals surface area contributed by atoms with Gasteiger partial charge in [0.15, 0.2) is 0 Å². The lowest BCUT2D eigenvalue weighted by atomic mass is 9.87. The molecule has 1 fully saturated rings. The van der Waals surface area contributed by atoms with Crippen LogP contribution >= 0.6 is 0 Å². The van der Waals surface area contributed by atoms with Crippen molar-refractivity contribution in [3.63, 3.8) is 0 Å². The number of ether oxygens (including phenoxy) is 1. The number of piperazine rings is 1. The Morgan fingerprint density at radius 1 is 1.18 bits per heavy atom. The molecular formula is C13H25N3O. The van der Waals surface area contributed by atoms with Crippen molar-refractivity contribution in [2.45, 2.75) is 38.3 Å². The number of nitrogens with zero attached hydrogens (tertiary/aromatic N) is 3. The summed E-state index contributed by atoms with van der Waals surface area (Å²) in [6.07, 6.45) is 0.733. The Bertz CT molecular complexity index is 290. The van der Waals surface area contributed by atoms with Crippen LogP contribution in [-0.2, 0) is 4.74 Å². The van der Waals surface area contributed by atoms with E-state index < -0.39 is 5.54 Å². The van der Waals surface area contributed by atoms with E-state index >= 15 is 0 Å². The van der Waals surface area contributed by atoms with Crippen LogP contribution in [0.2, 0.25) is 0 Å². The van der Waals surface area contributed by atoms with Gasteiger partial charge in [-0.3, -0.25) is 4.90 Å². The zero-order valence-electron chi connectivity index (χ0n) is 11.8. The fourth-order valence-electron chi connectivity index (χ4n) is 2.42. The van der Waals surface area contributed by atoms with Gasteiger partial charge < -0.3 is 9.64 Å². The lowest BCUT2D eigenvalue weighted by Crippen LogP contribution is -2.56. The van der Waals surface area contributed by atoms with E-state index in [2.05, 4.69) is 22.9 Å². The predicted molar refractivity (Wildman–Crippen MR) is 68.8 cm³/mol. The van der Waals surface area contributed by atoms with E-state index in [1.807, 2.05) is 20.8 Å². The minimum Gasteiger partial charge on any atom is -0.379 e. The van der Waals surface area contributed by atoms with Crippen LogP contribution in [0.1, 0.15) is 27.2 Å². The number of rotatable bonds is 4. The van der Waals surface area contributed by atoms with E-state index in [0.29, 0.717) is 0 Å². The summed E-state index contributed by atoms with van der Waals surface area (Å²) in [5.41, 5.74) is -0.686. The van der Waals surface area contributed by atoms with Gasteiger partial charge >= 0.3 is 0 Å². The molecule has 0 aromatic rings. The van der Waals surface area contributed by atoms with Crippen molar-refractivity contribution < 1.29 is 4.74 Å². The van der Waals surface area contributed by atoms with Crippen molar-refractivity contribution in [1.29, 1.82) is 5.26 Å². The van der Waals surface area contributed by atoms with Gasteiger partial charge in [0.2, 0.25) is 0 Å². The molecule has 0 bridgehead atoms. The predicted octanol–water partition coefficient (Wildman–Crippen LogP) is 1.33. The highest BCUT2D eigenvalue weighted by atomic mass is 16.5. The van der Waals surface area contributed by atoms with Crippen LogP contribution in [0.25, 0.3) is 0 Å². The van der Waals surface area contributed by atoms with E-state index in [0.717, 1.165) is 32.6 Å². The summed E-state index contributed by atoms with van der Waals surface area (Å²) in [7, 11) is 3.84. The summed E-state index contributed by atoms with van der Waals surface area (Å²) in [4.78, 5) is 4.59. The Labute approximate surface area is 105 Å². The molecule has 0 amide bonds. The van der Waals surface area contributed by atoms with E-state index in [1.165, 1.54) is 0 Å². The van der Waals surface area contributed by atoms with Crippen molar-refractivity contribution >= 4 is 0 Å². The molecule has 1 rings (SSSR count). The van der Waals surface area contributed by atoms with E-state index in [9.17, 15) is 5.26 Å². The number of likely N-dealkylation sites (N-methyl/N-ethyl adjacent to an activating group) is 1. The van der Waals surface area contributed by atoms with E-state index in [4.69, 9.17) is 4.74 Å². The van der Waals surface area contributed by atoms with Crippen LogP contribution in [0.3, 0.4) is 0 Å². The standard InChI is InChI=1S/C13H25N3O/c1-12(2,17-5)10-13(3,11-14)16-8-6-15(4)7-9-16/h6-10H2,1-5H3. The van der Waals surface area contributed by atoms with E-state index in [-0.39, 0.29) is 5.60 Å². The zero-order chi connectivity index (χ0) is 13.1. The van der Waals surface area contributed by atoms with Crippen LogP contribution in [0.5, 0.6) is 0 Å². The van der Waals surface area contributed by atoms with Crippen molar-refractivity contribution in [3.8, 4) is 6.07 Å². The van der Waals surface area contributed by atoms with Crippen molar-refractivity contribution in [3.05, 3.63) is 0 Å². The first kappa shape index (κ1) is 14.4. The molecule has 98 valence electrons. The Hall–Kier alpha value is -0.630. The van der Waals surface area contributed by atoms with Gasteiger partial charge in [-0.2, -0.15) is 5.26 Å². The van der Waals surface area contributed by atoms with Gasteiger partial charge in [-0.05, 0) is 27.8 Å². The lowest BCUT2D eigenvalue weighted by molar-refractivity contribution is -0.0290. The molecule has 1 atom stereocenters. The first-order valence-corrected chi connectivity index (χ1v) is 6.23. The maximum atomic E-state index is 9.50. The topological polar surface area (TPSA) is 39.5 Å². The summed E-state index contributed by atoms with van der Waals surface area (Å²) in [5.74, 6) is 0. The van der Waals surface area contributed by atoms with Crippen LogP contribution in [0, 0.1) is 11.3 Å². The van der Waals surface area contributed by atoms with Crippen molar-refractivity contribution in [1.82, 2.24) is 9.80 Å². The highest BCUT2D eigenvalue weighted by Crippen LogP contribution is 2.28. The molecule has 4 heteroatoms. The Balaban J connectivity index is 2.72. The first-order chi connectivity index (χ1) is 7.83. The number of methoxy groups -OCH3 is 1. The largest absolute Gasteiger partial charge is 0.379 e. The SMILES string of the molecule is COC(C)(C)CC(C)(C#N)N1CCN(C)CC1. The molecule has 0 aliphatic carbocycles. The summed E-state index contributed by atoms with van der Waals surface area (Å²) < 4.78 is 5.46. The second-order valence-corrected chi connectivity index (χ2v) is 5.82. The molecule has 0 aromatic carbocycles. The molecule has 0 saturated carbocycles. The Morgan fingerprint density at radius 2 is 1.71 bits per heavy atom. The second-order valence-electron chi connectivity index (χ2n) is 5.82. The third-order valence-corrected chi connectivity index (χ3v) is 3.76. The average Bonchev–Trinajstić information content (AvgIpc) is 2.29. The molecule has 0 radical (unpaired) electrons. The highest BCUT2D eigenvalue weighted by molar-refractivity contribution is 5.08. The summed E-state index contributed by atoms with van der Waals surface area (Å²) in [6.45, 7) is 10.1. The normalized spacial score (nSPS) is 23.1. The molecule has 1 aliphatic rings. The van der Waals surface area contributed by atoms with Gasteiger partial charge in [-0.15, -0.1) is 0 Å². The summed E-state index contributed by atoms with van der Waals surface area (Å²) in [6, 6.07) is 2.48. The maximum Gasteiger partial charge on any atom is 0.109 e. The van der Waals surface area contributed by atoms with Gasteiger partial charge in [0.05, 0.1) is 11.7 Å². The Kier molecular flexibility index (Phi) is 4.54. The smallest absolute Gasteiger partial charge is 0.109 e. The van der Waals surface area contributed by atoms with Crippen LogP contribution in [0.15, 0.2) is 0 Å². The minimum atomic E-state index is -0.430. The first-order valence-electron chi connectivity index (χ1n) is 6.23. The Morgan fingerprint density at radius 3 is 2.12 bits per heavy atom. The van der Waals surface area contributed by atoms with Crippen LogP contribution < -0.4 is 0 Å². The fraction of sp³-hybridized carbons (Fsp3) is 0.923. The molecular weight excluding hydrogens is 214 g/mol. The molecule has 4 nitrogen and oxygen atoms in total. The van der Waals surface area contributed by atoms with Crippen LogP contribution in [-0.4, -0.2) is 61.3 Å². The second kappa shape index (κ2) is 5.34. The summed E-state index contributed by atoms with van der Waals surface area (Å²) in [5, 5.41) is 9.50. The van der Waals surface area contributed by atoms with Gasteiger partial charge in [-0.25, -0.2) is 0 Å². The minimum absolute atomic E-state index is 0.256. The average molecular weight is 239 g/mol. The zero-order valence-corrected chi connectivity index (χ0v) is 11.8. The van der Waals surface area contributed by atoms with Gasteiger partial charge in [0.25, 0.3) is 0 Å². The number of hydrogen-bond acceptors (Lipinski definition) is 4. The quantitative estimate of drug-likeness (QED) is 0.742. The third kappa shape index (κ3) is 3.67. The van der Waals surface area contributed by atoms with Gasteiger partial charge in [-0.1, -0.05) is 0 Å². The monoisotopic (exact) mass is 239 g/mol. The lowest BCUT2D eigenvalue weighted by Gasteiger charge is -2.44. The molecule has 0 N–H and O–H groups in total. The molecule has 1 unspecified atom stereocenters. The molecule has 17 heavy (non-hydrogen) atoms.